The molecule has 0 unspecified atom stereocenters. The molecule has 1 saturated carbocycles. The summed E-state index contributed by atoms with van der Waals surface area (Å²) in [6.07, 6.45) is 11.2. The van der Waals surface area contributed by atoms with Crippen molar-refractivity contribution in [2.75, 3.05) is 0 Å². The van der Waals surface area contributed by atoms with E-state index in [4.69, 9.17) is 0 Å². The number of unbranched alkanes of at least 4 members (excludes halogenated alkanes) is 3. The molecule has 2 aliphatic rings. The zero-order valence-corrected chi connectivity index (χ0v) is 15.7. The molecule has 27 heavy (non-hydrogen) atoms. The van der Waals surface area contributed by atoms with E-state index in [-0.39, 0.29) is 17.6 Å². The van der Waals surface area contributed by atoms with Gasteiger partial charge >= 0.3 is 11.8 Å². The van der Waals surface area contributed by atoms with Gasteiger partial charge in [-0.1, -0.05) is 51.2 Å². The minimum absolute atomic E-state index is 0.112. The fraction of sp³-hybridized carbons (Fsp3) is 0.636. The maximum absolute atomic E-state index is 14.4. The Bertz CT molecular complexity index is 684. The molecular formula is C22H27F5. The van der Waals surface area contributed by atoms with Crippen LogP contribution in [0.3, 0.4) is 0 Å². The quantitative estimate of drug-likeness (QED) is 0.345. The van der Waals surface area contributed by atoms with Crippen LogP contribution in [0.2, 0.25) is 0 Å². The van der Waals surface area contributed by atoms with Crippen LogP contribution >= 0.6 is 0 Å². The lowest BCUT2D eigenvalue weighted by molar-refractivity contribution is -0.189. The molecule has 0 atom stereocenters. The van der Waals surface area contributed by atoms with Gasteiger partial charge in [0.1, 0.15) is 5.82 Å². The lowest BCUT2D eigenvalue weighted by atomic mass is 9.76. The maximum atomic E-state index is 14.4. The Morgan fingerprint density at radius 3 is 2.33 bits per heavy atom. The summed E-state index contributed by atoms with van der Waals surface area (Å²) in [4.78, 5) is 0. The number of hydrogen-bond donors (Lipinski definition) is 0. The fourth-order valence-corrected chi connectivity index (χ4v) is 4.46. The third-order valence-electron chi connectivity index (χ3n) is 6.13. The lowest BCUT2D eigenvalue weighted by Crippen LogP contribution is -2.39. The Kier molecular flexibility index (Phi) is 5.97. The van der Waals surface area contributed by atoms with Crippen LogP contribution in [0.15, 0.2) is 18.2 Å². The summed E-state index contributed by atoms with van der Waals surface area (Å²) in [6, 6.07) is 2.53. The lowest BCUT2D eigenvalue weighted by Gasteiger charge is -2.32. The summed E-state index contributed by atoms with van der Waals surface area (Å²) >= 11 is 0. The van der Waals surface area contributed by atoms with Crippen LogP contribution < -0.4 is 0 Å². The molecule has 3 rings (SSSR count). The normalized spacial score (nSPS) is 26.0. The Morgan fingerprint density at radius 1 is 0.963 bits per heavy atom. The fourth-order valence-electron chi connectivity index (χ4n) is 4.46. The van der Waals surface area contributed by atoms with Gasteiger partial charge in [0.05, 0.1) is 5.56 Å². The van der Waals surface area contributed by atoms with E-state index < -0.39 is 23.2 Å². The molecule has 1 aromatic carbocycles. The van der Waals surface area contributed by atoms with E-state index in [0.29, 0.717) is 11.5 Å². The molecule has 2 aliphatic carbocycles. The second-order valence-corrected chi connectivity index (χ2v) is 8.06. The molecule has 0 spiro atoms. The zero-order valence-electron chi connectivity index (χ0n) is 15.7. The molecule has 150 valence electrons. The van der Waals surface area contributed by atoms with Gasteiger partial charge in [-0.25, -0.2) is 4.39 Å². The van der Waals surface area contributed by atoms with Crippen LogP contribution in [0.4, 0.5) is 22.0 Å². The SMILES string of the molecule is CCCCCCC1CCC(c2cc(F)c3c(c2)C=CC(F)(F)C3(F)F)CC1. The van der Waals surface area contributed by atoms with Gasteiger partial charge in [-0.15, -0.1) is 0 Å². The van der Waals surface area contributed by atoms with E-state index in [1.54, 1.807) is 0 Å². The van der Waals surface area contributed by atoms with Crippen molar-refractivity contribution in [3.63, 3.8) is 0 Å². The van der Waals surface area contributed by atoms with Crippen molar-refractivity contribution in [1.82, 2.24) is 0 Å². The molecule has 0 aromatic heterocycles. The molecule has 0 aliphatic heterocycles. The molecular weight excluding hydrogens is 359 g/mol. The van der Waals surface area contributed by atoms with Gasteiger partial charge in [-0.2, -0.15) is 17.6 Å². The van der Waals surface area contributed by atoms with Crippen molar-refractivity contribution in [2.45, 2.75) is 82.5 Å². The number of rotatable bonds is 6. The number of halogens is 5. The highest BCUT2D eigenvalue weighted by molar-refractivity contribution is 5.62. The van der Waals surface area contributed by atoms with Gasteiger partial charge in [0, 0.05) is 0 Å². The summed E-state index contributed by atoms with van der Waals surface area (Å²) in [5.41, 5.74) is -0.646. The van der Waals surface area contributed by atoms with Crippen LogP contribution in [-0.2, 0) is 5.92 Å². The van der Waals surface area contributed by atoms with E-state index >= 15 is 0 Å². The van der Waals surface area contributed by atoms with Crippen LogP contribution in [-0.4, -0.2) is 5.92 Å². The van der Waals surface area contributed by atoms with Crippen LogP contribution in [0.1, 0.15) is 87.3 Å². The molecule has 0 bridgehead atoms. The molecule has 0 saturated heterocycles. The van der Waals surface area contributed by atoms with Crippen LogP contribution in [0.5, 0.6) is 0 Å². The predicted molar refractivity (Wildman–Crippen MR) is 97.7 cm³/mol. The van der Waals surface area contributed by atoms with E-state index in [1.807, 2.05) is 0 Å². The first-order valence-corrected chi connectivity index (χ1v) is 10.0. The molecule has 1 aromatic rings. The van der Waals surface area contributed by atoms with Gasteiger partial charge in [0.15, 0.2) is 0 Å². The van der Waals surface area contributed by atoms with Crippen molar-refractivity contribution in [2.24, 2.45) is 5.92 Å². The smallest absolute Gasteiger partial charge is 0.206 e. The number of alkyl halides is 4. The number of fused-ring (bicyclic) bond motifs is 1. The molecule has 0 radical (unpaired) electrons. The monoisotopic (exact) mass is 386 g/mol. The third-order valence-corrected chi connectivity index (χ3v) is 6.13. The standard InChI is InChI=1S/C22H27F5/c1-2-3-4-5-6-15-7-9-16(10-8-15)18-13-17-11-12-21(24,25)22(26,27)20(17)19(23)14-18/h11-16H,2-10H2,1H3. The molecule has 1 fully saturated rings. The number of allylic oxidation sites excluding steroid dienone is 1. The third kappa shape index (κ3) is 4.07. The van der Waals surface area contributed by atoms with E-state index in [9.17, 15) is 22.0 Å². The minimum atomic E-state index is -4.52. The minimum Gasteiger partial charge on any atom is -0.206 e. The highest BCUT2D eigenvalue weighted by atomic mass is 19.3. The molecule has 0 amide bonds. The first kappa shape index (κ1) is 20.3. The molecule has 0 nitrogen and oxygen atoms in total. The topological polar surface area (TPSA) is 0 Å². The Balaban J connectivity index is 1.69. The summed E-state index contributed by atoms with van der Waals surface area (Å²) in [6.45, 7) is 2.19. The first-order valence-electron chi connectivity index (χ1n) is 10.0. The second kappa shape index (κ2) is 7.92. The Hall–Kier alpha value is -1.39. The Labute approximate surface area is 157 Å². The number of hydrogen-bond acceptors (Lipinski definition) is 0. The van der Waals surface area contributed by atoms with E-state index in [1.165, 1.54) is 38.2 Å². The summed E-state index contributed by atoms with van der Waals surface area (Å²) in [5, 5.41) is 0. The summed E-state index contributed by atoms with van der Waals surface area (Å²) in [5.74, 6) is -9.31. The average molecular weight is 386 g/mol. The highest BCUT2D eigenvalue weighted by Crippen LogP contribution is 2.50. The van der Waals surface area contributed by atoms with Crippen molar-refractivity contribution >= 4 is 6.08 Å². The summed E-state index contributed by atoms with van der Waals surface area (Å²) in [7, 11) is 0. The van der Waals surface area contributed by atoms with Crippen LogP contribution in [0.25, 0.3) is 6.08 Å². The van der Waals surface area contributed by atoms with Gasteiger partial charge in [0.2, 0.25) is 0 Å². The van der Waals surface area contributed by atoms with Crippen molar-refractivity contribution in [3.8, 4) is 0 Å². The van der Waals surface area contributed by atoms with Gasteiger partial charge < -0.3 is 0 Å². The zero-order chi connectivity index (χ0) is 19.7. The van der Waals surface area contributed by atoms with Crippen LogP contribution in [0, 0.1) is 11.7 Å². The first-order chi connectivity index (χ1) is 12.8. The predicted octanol–water partition coefficient (Wildman–Crippen LogP) is 7.82. The van der Waals surface area contributed by atoms with E-state index in [0.717, 1.165) is 37.8 Å². The maximum Gasteiger partial charge on any atom is 0.342 e. The molecule has 0 N–H and O–H groups in total. The second-order valence-electron chi connectivity index (χ2n) is 8.06. The van der Waals surface area contributed by atoms with Gasteiger partial charge in [-0.05, 0) is 60.8 Å². The van der Waals surface area contributed by atoms with Crippen molar-refractivity contribution in [1.29, 1.82) is 0 Å². The van der Waals surface area contributed by atoms with Gasteiger partial charge in [-0.3, -0.25) is 0 Å². The van der Waals surface area contributed by atoms with Gasteiger partial charge in [0.25, 0.3) is 0 Å². The Morgan fingerprint density at radius 2 is 1.67 bits per heavy atom. The molecule has 0 heterocycles. The number of benzene rings is 1. The summed E-state index contributed by atoms with van der Waals surface area (Å²) < 4.78 is 69.4. The van der Waals surface area contributed by atoms with E-state index in [2.05, 4.69) is 6.92 Å². The highest BCUT2D eigenvalue weighted by Gasteiger charge is 2.59. The van der Waals surface area contributed by atoms with Crippen molar-refractivity contribution in [3.05, 3.63) is 40.7 Å². The largest absolute Gasteiger partial charge is 0.342 e. The molecule has 5 heteroatoms. The van der Waals surface area contributed by atoms with Crippen molar-refractivity contribution < 1.29 is 22.0 Å². The average Bonchev–Trinajstić information content (AvgIpc) is 2.62.